The highest BCUT2D eigenvalue weighted by Gasteiger charge is 2.28. The van der Waals surface area contributed by atoms with Gasteiger partial charge in [0.1, 0.15) is 5.69 Å². The average Bonchev–Trinajstić information content (AvgIpc) is 2.82. The number of pyridine rings is 1. The van der Waals surface area contributed by atoms with E-state index >= 15 is 0 Å². The summed E-state index contributed by atoms with van der Waals surface area (Å²) in [5, 5.41) is 9.61. The maximum Gasteiger partial charge on any atom is 0.214 e. The summed E-state index contributed by atoms with van der Waals surface area (Å²) in [6.07, 6.45) is 5.40. The van der Waals surface area contributed by atoms with Crippen molar-refractivity contribution in [1.82, 2.24) is 19.9 Å². The Bertz CT molecular complexity index is 623. The van der Waals surface area contributed by atoms with Crippen LogP contribution in [0.1, 0.15) is 33.1 Å². The van der Waals surface area contributed by atoms with Crippen molar-refractivity contribution in [2.24, 2.45) is 0 Å². The average molecular weight is 289 g/mol. The van der Waals surface area contributed by atoms with Gasteiger partial charge >= 0.3 is 0 Å². The number of hydrogen-bond donors (Lipinski definition) is 1. The van der Waals surface area contributed by atoms with Gasteiger partial charge in [-0.25, -0.2) is 9.77 Å². The summed E-state index contributed by atoms with van der Waals surface area (Å²) in [7, 11) is 0. The van der Waals surface area contributed by atoms with E-state index in [1.807, 2.05) is 22.9 Å². The van der Waals surface area contributed by atoms with Crippen LogP contribution >= 0.6 is 12.2 Å². The van der Waals surface area contributed by atoms with Crippen molar-refractivity contribution in [2.75, 3.05) is 5.01 Å². The Kier molecular flexibility index (Phi) is 3.56. The first-order valence-electron chi connectivity index (χ1n) is 7.06. The molecule has 0 saturated carbocycles. The Morgan fingerprint density at radius 3 is 2.65 bits per heavy atom. The molecule has 0 amide bonds. The second-order valence-electron chi connectivity index (χ2n) is 5.39. The molecule has 2 aromatic heterocycles. The summed E-state index contributed by atoms with van der Waals surface area (Å²) in [5.74, 6) is 0.788. The largest absolute Gasteiger partial charge is 0.303 e. The third-order valence-corrected chi connectivity index (χ3v) is 4.19. The van der Waals surface area contributed by atoms with E-state index in [1.54, 1.807) is 6.20 Å². The van der Waals surface area contributed by atoms with Crippen LogP contribution in [0.3, 0.4) is 0 Å². The van der Waals surface area contributed by atoms with Crippen LogP contribution in [0.2, 0.25) is 0 Å². The monoisotopic (exact) mass is 289 g/mol. The van der Waals surface area contributed by atoms with Gasteiger partial charge in [-0.15, -0.1) is 0 Å². The number of rotatable bonds is 2. The van der Waals surface area contributed by atoms with Crippen molar-refractivity contribution < 1.29 is 0 Å². The number of piperidine rings is 1. The lowest BCUT2D eigenvalue weighted by Gasteiger charge is -2.41. The van der Waals surface area contributed by atoms with E-state index < -0.39 is 0 Å². The third-order valence-electron chi connectivity index (χ3n) is 3.92. The molecule has 0 aromatic carbocycles. The Labute approximate surface area is 123 Å². The maximum absolute atomic E-state index is 5.44. The van der Waals surface area contributed by atoms with E-state index in [4.69, 9.17) is 12.2 Å². The molecule has 0 bridgehead atoms. The molecule has 0 radical (unpaired) electrons. The van der Waals surface area contributed by atoms with E-state index in [2.05, 4.69) is 34.0 Å². The van der Waals surface area contributed by atoms with E-state index in [1.165, 1.54) is 19.3 Å². The molecule has 5 nitrogen and oxygen atoms in total. The van der Waals surface area contributed by atoms with Gasteiger partial charge in [0.25, 0.3) is 0 Å². The summed E-state index contributed by atoms with van der Waals surface area (Å²) in [4.78, 5) is 4.39. The molecular weight excluding hydrogens is 270 g/mol. The molecule has 106 valence electrons. The Hall–Kier alpha value is -1.69. The molecule has 1 saturated heterocycles. The predicted octanol–water partition coefficient (Wildman–Crippen LogP) is 2.90. The fourth-order valence-electron chi connectivity index (χ4n) is 2.97. The summed E-state index contributed by atoms with van der Waals surface area (Å²) < 4.78 is 2.65. The minimum atomic E-state index is 0.450. The second-order valence-corrected chi connectivity index (χ2v) is 5.77. The van der Waals surface area contributed by atoms with Gasteiger partial charge in [-0.2, -0.15) is 5.10 Å². The van der Waals surface area contributed by atoms with Crippen LogP contribution in [0.4, 0.5) is 0 Å². The molecule has 1 N–H and O–H groups in total. The van der Waals surface area contributed by atoms with Crippen LogP contribution in [0.5, 0.6) is 0 Å². The quantitative estimate of drug-likeness (QED) is 0.864. The third kappa shape index (κ3) is 2.24. The first kappa shape index (κ1) is 13.3. The first-order chi connectivity index (χ1) is 9.68. The Morgan fingerprint density at radius 1 is 1.25 bits per heavy atom. The molecule has 2 aromatic rings. The number of aromatic amines is 1. The van der Waals surface area contributed by atoms with E-state index in [0.717, 1.165) is 11.5 Å². The number of hydrogen-bond acceptors (Lipinski definition) is 4. The smallest absolute Gasteiger partial charge is 0.214 e. The van der Waals surface area contributed by atoms with Gasteiger partial charge in [-0.05, 0) is 57.5 Å². The minimum Gasteiger partial charge on any atom is -0.303 e. The van der Waals surface area contributed by atoms with Gasteiger partial charge < -0.3 is 5.01 Å². The number of nitrogens with one attached hydrogen (secondary N) is 1. The second kappa shape index (κ2) is 5.36. The first-order valence-corrected chi connectivity index (χ1v) is 7.46. The van der Waals surface area contributed by atoms with Gasteiger partial charge in [0, 0.05) is 18.3 Å². The van der Waals surface area contributed by atoms with Crippen molar-refractivity contribution >= 4 is 12.2 Å². The van der Waals surface area contributed by atoms with Crippen molar-refractivity contribution in [2.45, 2.75) is 45.2 Å². The highest BCUT2D eigenvalue weighted by molar-refractivity contribution is 7.71. The van der Waals surface area contributed by atoms with Gasteiger partial charge in [-0.1, -0.05) is 6.07 Å². The van der Waals surface area contributed by atoms with Crippen LogP contribution in [-0.4, -0.2) is 31.9 Å². The number of H-pyrrole nitrogens is 1. The molecule has 0 aliphatic carbocycles. The fourth-order valence-corrected chi connectivity index (χ4v) is 3.20. The Balaban J connectivity index is 2.10. The van der Waals surface area contributed by atoms with Crippen molar-refractivity contribution in [3.63, 3.8) is 0 Å². The van der Waals surface area contributed by atoms with E-state index in [0.29, 0.717) is 16.9 Å². The molecule has 3 rings (SSSR count). The van der Waals surface area contributed by atoms with Gasteiger partial charge in [0.05, 0.1) is 0 Å². The molecule has 2 unspecified atom stereocenters. The summed E-state index contributed by atoms with van der Waals surface area (Å²) in [5.41, 5.74) is 0.838. The zero-order valence-corrected chi connectivity index (χ0v) is 12.6. The molecule has 2 atom stereocenters. The normalized spacial score (nSPS) is 23.0. The zero-order valence-electron chi connectivity index (χ0n) is 11.8. The van der Waals surface area contributed by atoms with Gasteiger partial charge in [0.2, 0.25) is 4.77 Å². The van der Waals surface area contributed by atoms with Gasteiger partial charge in [-0.3, -0.25) is 4.98 Å². The van der Waals surface area contributed by atoms with Gasteiger partial charge in [0.15, 0.2) is 5.82 Å². The van der Waals surface area contributed by atoms with Crippen molar-refractivity contribution in [3.05, 3.63) is 29.2 Å². The molecule has 1 aliphatic heterocycles. The van der Waals surface area contributed by atoms with Crippen LogP contribution < -0.4 is 5.01 Å². The summed E-state index contributed by atoms with van der Waals surface area (Å²) in [6.45, 7) is 4.49. The van der Waals surface area contributed by atoms with Crippen molar-refractivity contribution in [1.29, 1.82) is 0 Å². The molecule has 20 heavy (non-hydrogen) atoms. The molecule has 3 heterocycles. The Morgan fingerprint density at radius 2 is 2.00 bits per heavy atom. The summed E-state index contributed by atoms with van der Waals surface area (Å²) in [6, 6.07) is 6.73. The van der Waals surface area contributed by atoms with E-state index in [-0.39, 0.29) is 0 Å². The molecule has 6 heteroatoms. The standard InChI is InChI=1S/C14H19N5S/c1-10-6-5-7-11(2)18(10)19-13(16-17-14(19)20)12-8-3-4-9-15-12/h3-4,8-11H,5-7H2,1-2H3,(H,17,20). The fraction of sp³-hybridized carbons (Fsp3) is 0.500. The zero-order chi connectivity index (χ0) is 14.1. The molecule has 1 aliphatic rings. The lowest BCUT2D eigenvalue weighted by molar-refractivity contribution is 0.335. The van der Waals surface area contributed by atoms with Crippen LogP contribution in [0, 0.1) is 4.77 Å². The predicted molar refractivity (Wildman–Crippen MR) is 81.6 cm³/mol. The molecule has 1 fully saturated rings. The van der Waals surface area contributed by atoms with E-state index in [9.17, 15) is 0 Å². The number of aromatic nitrogens is 4. The minimum absolute atomic E-state index is 0.450. The molecular formula is C14H19N5S. The van der Waals surface area contributed by atoms with Crippen LogP contribution in [-0.2, 0) is 0 Å². The van der Waals surface area contributed by atoms with Crippen LogP contribution in [0.25, 0.3) is 11.5 Å². The molecule has 0 spiro atoms. The number of nitrogens with zero attached hydrogens (tertiary/aromatic N) is 4. The highest BCUT2D eigenvalue weighted by atomic mass is 32.1. The topological polar surface area (TPSA) is 49.7 Å². The van der Waals surface area contributed by atoms with Crippen molar-refractivity contribution in [3.8, 4) is 11.5 Å². The maximum atomic E-state index is 5.44. The lowest BCUT2D eigenvalue weighted by Crippen LogP contribution is -2.51. The lowest BCUT2D eigenvalue weighted by atomic mass is 10.00. The van der Waals surface area contributed by atoms with Crippen LogP contribution in [0.15, 0.2) is 24.4 Å². The SMILES string of the molecule is CC1CCCC(C)N1n1c(-c2ccccn2)n[nH]c1=S. The summed E-state index contributed by atoms with van der Waals surface area (Å²) >= 11 is 5.44. The highest BCUT2D eigenvalue weighted by Crippen LogP contribution is 2.24.